The number of amides is 1. The van der Waals surface area contributed by atoms with Crippen LogP contribution in [0.2, 0.25) is 5.15 Å². The van der Waals surface area contributed by atoms with Gasteiger partial charge in [0.05, 0.1) is 16.8 Å². The maximum atomic E-state index is 12.8. The molecule has 0 aromatic carbocycles. The van der Waals surface area contributed by atoms with Gasteiger partial charge in [-0.2, -0.15) is 13.2 Å². The fraction of sp³-hybridized carbons (Fsp3) is 0.261. The fourth-order valence-electron chi connectivity index (χ4n) is 3.63. The van der Waals surface area contributed by atoms with Crippen molar-refractivity contribution in [2.75, 3.05) is 0 Å². The lowest BCUT2D eigenvalue weighted by Crippen LogP contribution is -2.51. The molecule has 3 aromatic heterocycles. The Hall–Kier alpha value is -3.33. The predicted octanol–water partition coefficient (Wildman–Crippen LogP) is 4.78. The Balaban J connectivity index is 1.46. The number of pyridine rings is 3. The van der Waals surface area contributed by atoms with Crippen molar-refractivity contribution < 1.29 is 22.8 Å². The molecule has 0 radical (unpaired) electrons. The lowest BCUT2D eigenvalue weighted by atomic mass is 9.73. The number of hydrogen-bond acceptors (Lipinski definition) is 5. The molecule has 1 fully saturated rings. The molecule has 1 N–H and O–H groups in total. The summed E-state index contributed by atoms with van der Waals surface area (Å²) in [5.74, 6) is -0.766. The third-order valence-electron chi connectivity index (χ3n) is 5.60. The molecular weight excluding hydrogens is 457 g/mol. The summed E-state index contributed by atoms with van der Waals surface area (Å²) >= 11 is 5.77. The summed E-state index contributed by atoms with van der Waals surface area (Å²) in [5, 5.41) is 3.31. The molecule has 0 aliphatic heterocycles. The first kappa shape index (κ1) is 22.8. The maximum Gasteiger partial charge on any atom is 0.433 e. The van der Waals surface area contributed by atoms with E-state index in [1.54, 1.807) is 18.2 Å². The van der Waals surface area contributed by atoms with Crippen LogP contribution in [0.3, 0.4) is 0 Å². The summed E-state index contributed by atoms with van der Waals surface area (Å²) < 4.78 is 38.5. The van der Waals surface area contributed by atoms with Crippen molar-refractivity contribution in [3.8, 4) is 0 Å². The van der Waals surface area contributed by atoms with Gasteiger partial charge in [-0.25, -0.2) is 4.98 Å². The highest BCUT2D eigenvalue weighted by Gasteiger charge is 2.41. The second kappa shape index (κ2) is 8.90. The Morgan fingerprint density at radius 2 is 1.79 bits per heavy atom. The topological polar surface area (TPSA) is 84.8 Å². The number of rotatable bonds is 6. The quantitative estimate of drug-likeness (QED) is 0.410. The van der Waals surface area contributed by atoms with Crippen LogP contribution in [-0.4, -0.2) is 26.6 Å². The first-order chi connectivity index (χ1) is 15.7. The van der Waals surface area contributed by atoms with Crippen molar-refractivity contribution in [3.63, 3.8) is 0 Å². The van der Waals surface area contributed by atoms with Crippen molar-refractivity contribution in [2.45, 2.75) is 37.4 Å². The molecular formula is C23H18ClF3N4O2. The monoisotopic (exact) mass is 474 g/mol. The highest BCUT2D eigenvalue weighted by atomic mass is 35.5. The Morgan fingerprint density at radius 3 is 2.36 bits per heavy atom. The average Bonchev–Trinajstić information content (AvgIpc) is 2.77. The van der Waals surface area contributed by atoms with Gasteiger partial charge in [-0.15, -0.1) is 0 Å². The van der Waals surface area contributed by atoms with Gasteiger partial charge in [-0.3, -0.25) is 19.6 Å². The Morgan fingerprint density at radius 1 is 1.00 bits per heavy atom. The summed E-state index contributed by atoms with van der Waals surface area (Å²) in [4.78, 5) is 36.8. The predicted molar refractivity (Wildman–Crippen MR) is 114 cm³/mol. The molecule has 3 heterocycles. The zero-order valence-electron chi connectivity index (χ0n) is 17.2. The molecule has 3 aromatic rings. The molecule has 10 heteroatoms. The normalized spacial score (nSPS) is 14.9. The van der Waals surface area contributed by atoms with Gasteiger partial charge in [0.15, 0.2) is 5.78 Å². The number of carbonyl (C=O) groups excluding carboxylic acids is 2. The van der Waals surface area contributed by atoms with Gasteiger partial charge in [0, 0.05) is 30.6 Å². The van der Waals surface area contributed by atoms with Crippen LogP contribution in [0, 0.1) is 0 Å². The van der Waals surface area contributed by atoms with E-state index in [2.05, 4.69) is 20.3 Å². The Kier molecular flexibility index (Phi) is 6.16. The minimum absolute atomic E-state index is 0.0688. The van der Waals surface area contributed by atoms with Gasteiger partial charge in [0.2, 0.25) is 0 Å². The van der Waals surface area contributed by atoms with E-state index in [0.717, 1.165) is 18.7 Å². The van der Waals surface area contributed by atoms with E-state index in [1.165, 1.54) is 24.5 Å². The van der Waals surface area contributed by atoms with E-state index < -0.39 is 23.2 Å². The molecule has 1 aliphatic rings. The molecule has 1 aliphatic carbocycles. The van der Waals surface area contributed by atoms with E-state index >= 15 is 0 Å². The van der Waals surface area contributed by atoms with Crippen molar-refractivity contribution in [1.82, 2.24) is 20.3 Å². The van der Waals surface area contributed by atoms with Gasteiger partial charge in [-0.1, -0.05) is 17.7 Å². The van der Waals surface area contributed by atoms with Crippen LogP contribution in [0.15, 0.2) is 55.0 Å². The van der Waals surface area contributed by atoms with Crippen LogP contribution >= 0.6 is 11.6 Å². The zero-order valence-corrected chi connectivity index (χ0v) is 18.0. The smallest absolute Gasteiger partial charge is 0.341 e. The van der Waals surface area contributed by atoms with Crippen LogP contribution in [-0.2, 0) is 18.1 Å². The lowest BCUT2D eigenvalue weighted by Gasteiger charge is -2.42. The molecule has 0 atom stereocenters. The molecule has 1 amide bonds. The fourth-order valence-corrected chi connectivity index (χ4v) is 3.75. The van der Waals surface area contributed by atoms with Crippen LogP contribution in [0.25, 0.3) is 0 Å². The van der Waals surface area contributed by atoms with E-state index in [0.29, 0.717) is 29.7 Å². The number of carbonyl (C=O) groups is 2. The highest BCUT2D eigenvalue weighted by Crippen LogP contribution is 2.40. The van der Waals surface area contributed by atoms with Gasteiger partial charge >= 0.3 is 6.18 Å². The molecule has 0 bridgehead atoms. The van der Waals surface area contributed by atoms with Gasteiger partial charge in [0.1, 0.15) is 10.8 Å². The standard InChI is InChI=1S/C23H18ClF3N4O2/c24-20-5-3-16(13-30-20)21(33)31-22(7-1-8-22)18-4-2-14(12-29-18)10-17(32)15-6-9-28-19(11-15)23(25,26)27/h2-6,9,11-13H,1,7-8,10H2,(H,31,33). The largest absolute Gasteiger partial charge is 0.433 e. The lowest BCUT2D eigenvalue weighted by molar-refractivity contribution is -0.141. The number of ketones is 1. The number of nitrogens with one attached hydrogen (secondary N) is 1. The van der Waals surface area contributed by atoms with Crippen molar-refractivity contribution in [3.05, 3.63) is 88.2 Å². The van der Waals surface area contributed by atoms with Crippen molar-refractivity contribution in [2.24, 2.45) is 0 Å². The number of alkyl halides is 3. The summed E-state index contributed by atoms with van der Waals surface area (Å²) in [6.07, 6.45) is 1.49. The minimum Gasteiger partial charge on any atom is -0.341 e. The van der Waals surface area contributed by atoms with E-state index in [9.17, 15) is 22.8 Å². The first-order valence-corrected chi connectivity index (χ1v) is 10.5. The van der Waals surface area contributed by atoms with Gasteiger partial charge in [-0.05, 0) is 55.2 Å². The molecule has 1 saturated carbocycles. The minimum atomic E-state index is -4.62. The van der Waals surface area contributed by atoms with Crippen LogP contribution in [0.1, 0.15) is 56.9 Å². The number of aromatic nitrogens is 3. The first-order valence-electron chi connectivity index (χ1n) is 10.1. The zero-order chi connectivity index (χ0) is 23.6. The molecule has 170 valence electrons. The molecule has 0 spiro atoms. The second-order valence-corrected chi connectivity index (χ2v) is 8.23. The number of nitrogens with zero attached hydrogens (tertiary/aromatic N) is 3. The maximum absolute atomic E-state index is 12.8. The van der Waals surface area contributed by atoms with Crippen LogP contribution in [0.4, 0.5) is 13.2 Å². The van der Waals surface area contributed by atoms with Crippen LogP contribution in [0.5, 0.6) is 0 Å². The summed E-state index contributed by atoms with van der Waals surface area (Å²) in [5.41, 5.74) is -0.212. The molecule has 0 saturated heterocycles. The van der Waals surface area contributed by atoms with E-state index in [4.69, 9.17) is 11.6 Å². The second-order valence-electron chi connectivity index (χ2n) is 7.84. The van der Waals surface area contributed by atoms with Gasteiger partial charge in [0.25, 0.3) is 5.91 Å². The van der Waals surface area contributed by atoms with E-state index in [-0.39, 0.29) is 23.0 Å². The summed E-state index contributed by atoms with van der Waals surface area (Å²) in [6, 6.07) is 8.55. The third kappa shape index (κ3) is 5.03. The van der Waals surface area contributed by atoms with E-state index in [1.807, 2.05) is 0 Å². The molecule has 33 heavy (non-hydrogen) atoms. The number of hydrogen-bond donors (Lipinski definition) is 1. The highest BCUT2D eigenvalue weighted by molar-refractivity contribution is 6.29. The number of halogens is 4. The van der Waals surface area contributed by atoms with Crippen LogP contribution < -0.4 is 5.32 Å². The van der Waals surface area contributed by atoms with Crippen molar-refractivity contribution in [1.29, 1.82) is 0 Å². The van der Waals surface area contributed by atoms with Crippen molar-refractivity contribution >= 4 is 23.3 Å². The van der Waals surface area contributed by atoms with Gasteiger partial charge < -0.3 is 5.32 Å². The Labute approximate surface area is 192 Å². The summed E-state index contributed by atoms with van der Waals surface area (Å²) in [6.45, 7) is 0. The third-order valence-corrected chi connectivity index (χ3v) is 5.83. The average molecular weight is 475 g/mol. The summed E-state index contributed by atoms with van der Waals surface area (Å²) in [7, 11) is 0. The SMILES string of the molecule is O=C(Cc1ccc(C2(NC(=O)c3ccc(Cl)nc3)CCC2)nc1)c1ccnc(C(F)(F)F)c1. The molecule has 4 rings (SSSR count). The Bertz CT molecular complexity index is 1180. The number of Topliss-reactive ketones (excluding diaryl/α,β-unsaturated/α-hetero) is 1. The molecule has 0 unspecified atom stereocenters. The molecule has 6 nitrogen and oxygen atoms in total.